The Labute approximate surface area is 357 Å². The summed E-state index contributed by atoms with van der Waals surface area (Å²) in [6.45, 7) is 9.74. The number of aliphatic imine (C=N–C) groups is 1. The van der Waals surface area contributed by atoms with Crippen molar-refractivity contribution in [2.75, 3.05) is 5.32 Å². The second-order valence-electron chi connectivity index (χ2n) is 18.6. The van der Waals surface area contributed by atoms with Gasteiger partial charge in [-0.1, -0.05) is 131 Å². The third kappa shape index (κ3) is 5.01. The van der Waals surface area contributed by atoms with Crippen molar-refractivity contribution in [2.24, 2.45) is 4.99 Å². The number of nitrogens with zero attached hydrogens (tertiary/aromatic N) is 2. The number of hydrogen-bond donors (Lipinski definition) is 1. The molecule has 0 saturated heterocycles. The predicted octanol–water partition coefficient (Wildman–Crippen LogP) is 15.5. The molecule has 294 valence electrons. The zero-order valence-electron chi connectivity index (χ0n) is 34.6. The van der Waals surface area contributed by atoms with Crippen LogP contribution in [0.15, 0.2) is 161 Å². The number of hydrogen-bond acceptors (Lipinski definition) is 4. The van der Waals surface area contributed by atoms with E-state index in [1.54, 1.807) is 11.3 Å². The van der Waals surface area contributed by atoms with Gasteiger partial charge in [-0.3, -0.25) is 4.99 Å². The van der Waals surface area contributed by atoms with Gasteiger partial charge in [0, 0.05) is 53.8 Å². The fourth-order valence-electron chi connectivity index (χ4n) is 10.8. The van der Waals surface area contributed by atoms with Crippen molar-refractivity contribution < 1.29 is 4.42 Å². The van der Waals surface area contributed by atoms with Gasteiger partial charge >= 0.3 is 0 Å². The maximum absolute atomic E-state index is 6.42. The quantitative estimate of drug-likeness (QED) is 0.181. The molecule has 4 heterocycles. The van der Waals surface area contributed by atoms with Crippen LogP contribution < -0.4 is 5.32 Å². The van der Waals surface area contributed by atoms with Crippen LogP contribution in [-0.2, 0) is 10.8 Å². The van der Waals surface area contributed by atoms with Crippen LogP contribution in [0.1, 0.15) is 74.5 Å². The Balaban J connectivity index is 1.06. The van der Waals surface area contributed by atoms with Gasteiger partial charge in [-0.25, -0.2) is 0 Å². The molecule has 1 atom stereocenters. The maximum atomic E-state index is 6.42. The number of thiophene rings is 1. The van der Waals surface area contributed by atoms with Crippen LogP contribution in [-0.4, -0.2) is 10.3 Å². The van der Waals surface area contributed by atoms with Gasteiger partial charge in [-0.2, -0.15) is 0 Å². The van der Waals surface area contributed by atoms with Crippen molar-refractivity contribution in [3.05, 3.63) is 179 Å². The molecular weight excluding hydrogens is 763 g/mol. The van der Waals surface area contributed by atoms with E-state index in [0.29, 0.717) is 0 Å². The minimum absolute atomic E-state index is 0.0663. The lowest BCUT2D eigenvalue weighted by Crippen LogP contribution is -2.33. The molecule has 3 aromatic heterocycles. The summed E-state index contributed by atoms with van der Waals surface area (Å²) in [5.74, 6) is 0. The molecule has 2 aliphatic rings. The third-order valence-electron chi connectivity index (χ3n) is 14.1. The second kappa shape index (κ2) is 12.4. The van der Waals surface area contributed by atoms with E-state index < -0.39 is 0 Å². The predicted molar refractivity (Wildman–Crippen MR) is 259 cm³/mol. The van der Waals surface area contributed by atoms with E-state index in [0.717, 1.165) is 61.4 Å². The SMILES string of the molecule is CC1(C)CCC(C)(C)c2cc3c(cc21)c1c2ccccc2c2ccccc2c1n3-c1cccc(C2N=C(c3ccc4c(c3)oc3ccccc34)c3c(sc4ccccc34)N2)c1. The van der Waals surface area contributed by atoms with E-state index in [9.17, 15) is 0 Å². The molecule has 0 amide bonds. The molecule has 1 aliphatic heterocycles. The summed E-state index contributed by atoms with van der Waals surface area (Å²) < 4.78 is 10.2. The van der Waals surface area contributed by atoms with Crippen LogP contribution in [0.4, 0.5) is 5.00 Å². The first-order chi connectivity index (χ1) is 29.7. The average molecular weight is 806 g/mol. The molecule has 61 heavy (non-hydrogen) atoms. The third-order valence-corrected chi connectivity index (χ3v) is 15.2. The summed E-state index contributed by atoms with van der Waals surface area (Å²) in [5, 5.41) is 16.3. The van der Waals surface area contributed by atoms with E-state index in [2.05, 4.69) is 177 Å². The molecule has 0 saturated carbocycles. The van der Waals surface area contributed by atoms with Crippen LogP contribution in [0.2, 0.25) is 0 Å². The van der Waals surface area contributed by atoms with Crippen molar-refractivity contribution >= 4 is 97.4 Å². The first-order valence-corrected chi connectivity index (χ1v) is 22.3. The van der Waals surface area contributed by atoms with Gasteiger partial charge in [-0.05, 0) is 105 Å². The molecule has 1 aliphatic carbocycles. The van der Waals surface area contributed by atoms with Gasteiger partial charge in [0.1, 0.15) is 22.3 Å². The van der Waals surface area contributed by atoms with Crippen molar-refractivity contribution in [3.63, 3.8) is 0 Å². The molecular formula is C56H43N3OS. The molecule has 8 aromatic carbocycles. The summed E-state index contributed by atoms with van der Waals surface area (Å²) in [6.07, 6.45) is 2.03. The Morgan fingerprint density at radius 1 is 0.590 bits per heavy atom. The fourth-order valence-corrected chi connectivity index (χ4v) is 11.9. The van der Waals surface area contributed by atoms with Gasteiger partial charge < -0.3 is 14.3 Å². The summed E-state index contributed by atoms with van der Waals surface area (Å²) in [6, 6.07) is 55.8. The highest BCUT2D eigenvalue weighted by Crippen LogP contribution is 2.51. The van der Waals surface area contributed by atoms with Crippen LogP contribution in [0, 0.1) is 0 Å². The molecule has 1 N–H and O–H groups in total. The molecule has 1 unspecified atom stereocenters. The molecule has 0 bridgehead atoms. The van der Waals surface area contributed by atoms with Gasteiger partial charge in [0.2, 0.25) is 0 Å². The van der Waals surface area contributed by atoms with Crippen LogP contribution in [0.5, 0.6) is 0 Å². The number of nitrogens with one attached hydrogen (secondary N) is 1. The van der Waals surface area contributed by atoms with Crippen molar-refractivity contribution in [2.45, 2.75) is 57.5 Å². The highest BCUT2D eigenvalue weighted by atomic mass is 32.1. The van der Waals surface area contributed by atoms with Crippen molar-refractivity contribution in [3.8, 4) is 5.69 Å². The number of para-hydroxylation sites is 1. The van der Waals surface area contributed by atoms with E-state index in [-0.39, 0.29) is 17.0 Å². The van der Waals surface area contributed by atoms with Gasteiger partial charge in [-0.15, -0.1) is 11.3 Å². The number of furan rings is 1. The second-order valence-corrected chi connectivity index (χ2v) is 19.6. The van der Waals surface area contributed by atoms with Crippen LogP contribution >= 0.6 is 11.3 Å². The Bertz CT molecular complexity index is 3710. The largest absolute Gasteiger partial charge is 0.456 e. The highest BCUT2D eigenvalue weighted by Gasteiger charge is 2.38. The number of aromatic nitrogens is 1. The lowest BCUT2D eigenvalue weighted by Gasteiger charge is -2.42. The standard InChI is InChI=1S/C56H43N3OS/c1-55(2)26-27-56(3,4)44-31-45-42(30-43(44)55)49-39-19-7-5-16-35(39)36-17-6-8-20-40(36)52(49)59(45)34-15-13-14-33(28-34)53-57-51(50-41-21-10-12-23-48(41)61-54(50)58-53)32-24-25-38-37-18-9-11-22-46(37)60-47(38)29-32/h5-25,28-31,53,58H,26-27H2,1-4H3. The van der Waals surface area contributed by atoms with Gasteiger partial charge in [0.25, 0.3) is 0 Å². The van der Waals surface area contributed by atoms with Gasteiger partial charge in [0.05, 0.1) is 16.7 Å². The summed E-state index contributed by atoms with van der Waals surface area (Å²) >= 11 is 1.80. The minimum atomic E-state index is -0.306. The number of anilines is 1. The fraction of sp³-hybridized carbons (Fsp3) is 0.161. The first kappa shape index (κ1) is 35.1. The normalized spacial score (nSPS) is 17.0. The molecule has 11 aromatic rings. The number of rotatable bonds is 3. The van der Waals surface area contributed by atoms with Crippen LogP contribution in [0.3, 0.4) is 0 Å². The smallest absolute Gasteiger partial charge is 0.146 e. The average Bonchev–Trinajstić information content (AvgIpc) is 3.97. The molecule has 13 rings (SSSR count). The zero-order chi connectivity index (χ0) is 40.8. The number of benzene rings is 8. The molecule has 0 radical (unpaired) electrons. The minimum Gasteiger partial charge on any atom is -0.456 e. The molecule has 0 spiro atoms. The van der Waals surface area contributed by atoms with Crippen LogP contribution in [0.25, 0.3) is 81.1 Å². The molecule has 0 fully saturated rings. The first-order valence-electron chi connectivity index (χ1n) is 21.5. The van der Waals surface area contributed by atoms with E-state index >= 15 is 0 Å². The Morgan fingerprint density at radius 3 is 2.05 bits per heavy atom. The Morgan fingerprint density at radius 2 is 1.25 bits per heavy atom. The number of fused-ring (bicyclic) bond motifs is 15. The molecule has 4 nitrogen and oxygen atoms in total. The highest BCUT2D eigenvalue weighted by molar-refractivity contribution is 7.23. The lowest BCUT2D eigenvalue weighted by molar-refractivity contribution is 0.332. The Hall–Kier alpha value is -6.69. The summed E-state index contributed by atoms with van der Waals surface area (Å²) in [4.78, 5) is 5.64. The van der Waals surface area contributed by atoms with Crippen molar-refractivity contribution in [1.82, 2.24) is 4.57 Å². The summed E-state index contributed by atoms with van der Waals surface area (Å²) in [7, 11) is 0. The van der Waals surface area contributed by atoms with E-state index in [1.165, 1.54) is 71.0 Å². The summed E-state index contributed by atoms with van der Waals surface area (Å²) in [5.41, 5.74) is 12.8. The maximum Gasteiger partial charge on any atom is 0.146 e. The molecule has 5 heteroatoms. The monoisotopic (exact) mass is 805 g/mol. The van der Waals surface area contributed by atoms with Gasteiger partial charge in [0.15, 0.2) is 0 Å². The Kier molecular flexibility index (Phi) is 7.16. The zero-order valence-corrected chi connectivity index (χ0v) is 35.5. The topological polar surface area (TPSA) is 42.5 Å². The van der Waals surface area contributed by atoms with E-state index in [4.69, 9.17) is 9.41 Å². The van der Waals surface area contributed by atoms with Crippen molar-refractivity contribution in [1.29, 1.82) is 0 Å². The lowest BCUT2D eigenvalue weighted by atomic mass is 9.63. The van der Waals surface area contributed by atoms with E-state index in [1.807, 2.05) is 12.1 Å².